The Bertz CT molecular complexity index is 138. The Kier molecular flexibility index (Phi) is 5.75. The van der Waals surface area contributed by atoms with Gasteiger partial charge >= 0.3 is 5.97 Å². The predicted molar refractivity (Wildman–Crippen MR) is 43.5 cm³/mol. The van der Waals surface area contributed by atoms with Crippen LogP contribution in [0.5, 0.6) is 0 Å². The smallest absolute Gasteiger partial charge is 0.332 e. The van der Waals surface area contributed by atoms with E-state index in [9.17, 15) is 9.59 Å². The van der Waals surface area contributed by atoms with Crippen molar-refractivity contribution in [3.63, 3.8) is 0 Å². The van der Waals surface area contributed by atoms with Crippen LogP contribution in [0.3, 0.4) is 0 Å². The van der Waals surface area contributed by atoms with Crippen molar-refractivity contribution in [2.45, 2.75) is 6.42 Å². The molecule has 0 radical (unpaired) electrons. The Morgan fingerprint density at radius 3 is 2.73 bits per heavy atom. The second kappa shape index (κ2) is 6.10. The standard InChI is InChI=1S/C6H12NO3P/c1-11(2)4-3-6(9)10-7-5-8/h5H,3-4H2,1-2H3,(H,7,8). The molecule has 0 unspecified atom stereocenters. The van der Waals surface area contributed by atoms with E-state index in [2.05, 4.69) is 18.2 Å². The van der Waals surface area contributed by atoms with E-state index >= 15 is 0 Å². The van der Waals surface area contributed by atoms with Gasteiger partial charge in [-0.05, 0) is 19.5 Å². The van der Waals surface area contributed by atoms with Gasteiger partial charge in [0.1, 0.15) is 0 Å². The maximum absolute atomic E-state index is 10.7. The molecule has 0 saturated heterocycles. The van der Waals surface area contributed by atoms with Crippen molar-refractivity contribution in [3.05, 3.63) is 0 Å². The number of amides is 1. The van der Waals surface area contributed by atoms with Crippen LogP contribution in [0.1, 0.15) is 6.42 Å². The van der Waals surface area contributed by atoms with Gasteiger partial charge in [0.2, 0.25) is 6.41 Å². The van der Waals surface area contributed by atoms with E-state index in [4.69, 9.17) is 0 Å². The van der Waals surface area contributed by atoms with Gasteiger partial charge in [0.15, 0.2) is 0 Å². The Hall–Kier alpha value is -0.630. The van der Waals surface area contributed by atoms with Crippen LogP contribution in [-0.2, 0) is 14.4 Å². The van der Waals surface area contributed by atoms with Crippen molar-refractivity contribution in [2.24, 2.45) is 0 Å². The van der Waals surface area contributed by atoms with Gasteiger partial charge in [-0.1, -0.05) is 0 Å². The molecule has 64 valence electrons. The van der Waals surface area contributed by atoms with Gasteiger partial charge in [0, 0.05) is 0 Å². The zero-order chi connectivity index (χ0) is 8.69. The molecule has 0 spiro atoms. The highest BCUT2D eigenvalue weighted by atomic mass is 31.1. The molecule has 0 aromatic heterocycles. The van der Waals surface area contributed by atoms with Gasteiger partial charge in [-0.3, -0.25) is 4.79 Å². The third-order valence-corrected chi connectivity index (χ3v) is 2.10. The fraction of sp³-hybridized carbons (Fsp3) is 0.667. The van der Waals surface area contributed by atoms with E-state index in [-0.39, 0.29) is 13.9 Å². The Morgan fingerprint density at radius 2 is 2.27 bits per heavy atom. The zero-order valence-electron chi connectivity index (χ0n) is 6.66. The van der Waals surface area contributed by atoms with Gasteiger partial charge in [-0.2, -0.15) is 5.48 Å². The molecule has 0 fully saturated rings. The zero-order valence-corrected chi connectivity index (χ0v) is 7.56. The number of carbonyl (C=O) groups is 2. The third-order valence-electron chi connectivity index (χ3n) is 0.984. The van der Waals surface area contributed by atoms with Crippen molar-refractivity contribution in [1.29, 1.82) is 0 Å². The molecule has 1 amide bonds. The van der Waals surface area contributed by atoms with Gasteiger partial charge in [-0.15, -0.1) is 7.92 Å². The first-order valence-corrected chi connectivity index (χ1v) is 5.62. The molecule has 11 heavy (non-hydrogen) atoms. The van der Waals surface area contributed by atoms with Gasteiger partial charge in [0.05, 0.1) is 6.42 Å². The van der Waals surface area contributed by atoms with Crippen LogP contribution in [0.25, 0.3) is 0 Å². The van der Waals surface area contributed by atoms with Crippen LogP contribution in [0.4, 0.5) is 0 Å². The first kappa shape index (κ1) is 10.4. The average molecular weight is 177 g/mol. The maximum atomic E-state index is 10.7. The van der Waals surface area contributed by atoms with E-state index in [1.807, 2.05) is 5.48 Å². The molecule has 0 atom stereocenters. The van der Waals surface area contributed by atoms with Crippen LogP contribution in [0, 0.1) is 0 Å². The molecule has 0 heterocycles. The Morgan fingerprint density at radius 1 is 1.64 bits per heavy atom. The second-order valence-electron chi connectivity index (χ2n) is 2.26. The normalized spacial score (nSPS) is 9.36. The largest absolute Gasteiger partial charge is 0.341 e. The minimum Gasteiger partial charge on any atom is -0.341 e. The van der Waals surface area contributed by atoms with Crippen molar-refractivity contribution in [3.8, 4) is 0 Å². The SMILES string of the molecule is CP(C)CCC(=O)ONC=O. The number of hydrogen-bond donors (Lipinski definition) is 1. The molecule has 0 aromatic rings. The van der Waals surface area contributed by atoms with Gasteiger partial charge in [0.25, 0.3) is 0 Å². The number of hydroxylamine groups is 1. The number of hydrogen-bond acceptors (Lipinski definition) is 3. The van der Waals surface area contributed by atoms with E-state index in [0.29, 0.717) is 12.8 Å². The quantitative estimate of drug-likeness (QED) is 0.374. The van der Waals surface area contributed by atoms with Crippen LogP contribution in [-0.4, -0.2) is 31.9 Å². The molecule has 0 aliphatic carbocycles. The summed E-state index contributed by atoms with van der Waals surface area (Å²) in [6.07, 6.45) is 1.55. The summed E-state index contributed by atoms with van der Waals surface area (Å²) in [5.74, 6) is -0.381. The molecule has 0 aliphatic heterocycles. The fourth-order valence-corrected chi connectivity index (χ4v) is 1.09. The highest BCUT2D eigenvalue weighted by molar-refractivity contribution is 7.56. The Balaban J connectivity index is 3.29. The summed E-state index contributed by atoms with van der Waals surface area (Å²) in [7, 11) is -0.0649. The lowest BCUT2D eigenvalue weighted by Crippen LogP contribution is -2.18. The van der Waals surface area contributed by atoms with Crippen LogP contribution < -0.4 is 5.48 Å². The van der Waals surface area contributed by atoms with Crippen molar-refractivity contribution in [2.75, 3.05) is 19.5 Å². The molecule has 5 heteroatoms. The van der Waals surface area contributed by atoms with Crippen molar-refractivity contribution < 1.29 is 14.4 Å². The third kappa shape index (κ3) is 7.26. The first-order valence-electron chi connectivity index (χ1n) is 3.20. The lowest BCUT2D eigenvalue weighted by atomic mass is 10.5. The van der Waals surface area contributed by atoms with Crippen LogP contribution >= 0.6 is 7.92 Å². The van der Waals surface area contributed by atoms with Crippen LogP contribution in [0.15, 0.2) is 0 Å². The molecule has 0 saturated carbocycles. The molecule has 4 nitrogen and oxygen atoms in total. The monoisotopic (exact) mass is 177 g/mol. The summed E-state index contributed by atoms with van der Waals surface area (Å²) in [5, 5.41) is 0. The lowest BCUT2D eigenvalue weighted by Gasteiger charge is -2.03. The van der Waals surface area contributed by atoms with Gasteiger partial charge in [-0.25, -0.2) is 4.79 Å². The molecule has 1 N–H and O–H groups in total. The predicted octanol–water partition coefficient (Wildman–Crippen LogP) is 0.322. The minimum absolute atomic E-state index is 0.0649. The summed E-state index contributed by atoms with van der Waals surface area (Å²) in [4.78, 5) is 24.6. The summed E-state index contributed by atoms with van der Waals surface area (Å²) in [6, 6.07) is 0. The van der Waals surface area contributed by atoms with E-state index in [1.165, 1.54) is 0 Å². The number of rotatable bonds is 5. The second-order valence-corrected chi connectivity index (χ2v) is 4.87. The summed E-state index contributed by atoms with van der Waals surface area (Å²) < 4.78 is 0. The van der Waals surface area contributed by atoms with Crippen molar-refractivity contribution in [1.82, 2.24) is 5.48 Å². The molecule has 0 aromatic carbocycles. The summed E-state index contributed by atoms with van der Waals surface area (Å²) >= 11 is 0. The highest BCUT2D eigenvalue weighted by Gasteiger charge is 2.03. The van der Waals surface area contributed by atoms with E-state index in [0.717, 1.165) is 6.16 Å². The Labute approximate surface area is 67.0 Å². The van der Waals surface area contributed by atoms with Gasteiger partial charge < -0.3 is 4.84 Å². The molecular weight excluding hydrogens is 165 g/mol. The molecule has 0 aliphatic rings. The minimum atomic E-state index is -0.381. The lowest BCUT2D eigenvalue weighted by molar-refractivity contribution is -0.153. The molecular formula is C6H12NO3P. The fourth-order valence-electron chi connectivity index (χ4n) is 0.456. The van der Waals surface area contributed by atoms with E-state index < -0.39 is 0 Å². The average Bonchev–Trinajstić information content (AvgIpc) is 1.97. The number of nitrogens with one attached hydrogen (secondary N) is 1. The number of carbonyl (C=O) groups excluding carboxylic acids is 2. The molecule has 0 bridgehead atoms. The summed E-state index contributed by atoms with van der Waals surface area (Å²) in [6.45, 7) is 4.16. The highest BCUT2D eigenvalue weighted by Crippen LogP contribution is 2.24. The summed E-state index contributed by atoms with van der Waals surface area (Å²) in [5.41, 5.74) is 1.85. The van der Waals surface area contributed by atoms with E-state index in [1.54, 1.807) is 0 Å². The maximum Gasteiger partial charge on any atom is 0.332 e. The van der Waals surface area contributed by atoms with Crippen molar-refractivity contribution >= 4 is 20.3 Å². The molecule has 0 rings (SSSR count). The first-order chi connectivity index (χ1) is 5.16. The van der Waals surface area contributed by atoms with Crippen LogP contribution in [0.2, 0.25) is 0 Å². The topological polar surface area (TPSA) is 55.4 Å².